The molecule has 3 atom stereocenters. The van der Waals surface area contributed by atoms with Crippen LogP contribution < -0.4 is 0 Å². The molecule has 0 aromatic heterocycles. The van der Waals surface area contributed by atoms with Crippen LogP contribution in [-0.4, -0.2) is 12.6 Å². The van der Waals surface area contributed by atoms with Crippen molar-refractivity contribution in [1.82, 2.24) is 0 Å². The van der Waals surface area contributed by atoms with E-state index >= 15 is 0 Å². The van der Waals surface area contributed by atoms with Crippen molar-refractivity contribution in [1.29, 1.82) is 0 Å². The standard InChI is InChI=1S/C15H19NO/c1-12-14(8-9-15(12)16-2)11-17-10-13-6-4-3-5-7-13/h3-7,12,14-15H,8-11H2,1H3/t12-,14-,15-/m0/s1. The van der Waals surface area contributed by atoms with Crippen LogP contribution in [0.5, 0.6) is 0 Å². The summed E-state index contributed by atoms with van der Waals surface area (Å²) in [6.45, 7) is 10.8. The summed E-state index contributed by atoms with van der Waals surface area (Å²) in [4.78, 5) is 3.68. The van der Waals surface area contributed by atoms with Gasteiger partial charge in [-0.1, -0.05) is 37.3 Å². The Morgan fingerprint density at radius 1 is 1.29 bits per heavy atom. The molecule has 0 aliphatic heterocycles. The number of rotatable bonds is 4. The van der Waals surface area contributed by atoms with Crippen molar-refractivity contribution in [3.05, 3.63) is 47.3 Å². The number of hydrogen-bond acceptors (Lipinski definition) is 1. The molecular weight excluding hydrogens is 210 g/mol. The minimum Gasteiger partial charge on any atom is -0.376 e. The Kier molecular flexibility index (Phi) is 4.17. The number of nitrogens with zero attached hydrogens (tertiary/aromatic N) is 1. The Labute approximate surface area is 103 Å². The largest absolute Gasteiger partial charge is 0.376 e. The Morgan fingerprint density at radius 3 is 2.71 bits per heavy atom. The summed E-state index contributed by atoms with van der Waals surface area (Å²) in [7, 11) is 0. The lowest BCUT2D eigenvalue weighted by Crippen LogP contribution is -2.17. The van der Waals surface area contributed by atoms with Gasteiger partial charge in [-0.25, -0.2) is 6.57 Å². The number of benzene rings is 1. The Bertz CT molecular complexity index is 382. The third-order valence-corrected chi connectivity index (χ3v) is 3.79. The average molecular weight is 229 g/mol. The lowest BCUT2D eigenvalue weighted by Gasteiger charge is -2.15. The first-order chi connectivity index (χ1) is 8.31. The predicted octanol–water partition coefficient (Wildman–Crippen LogP) is 3.54. The molecule has 90 valence electrons. The minimum absolute atomic E-state index is 0.223. The normalized spacial score (nSPS) is 27.9. The van der Waals surface area contributed by atoms with Crippen LogP contribution in [0, 0.1) is 18.4 Å². The molecule has 0 amide bonds. The van der Waals surface area contributed by atoms with Crippen molar-refractivity contribution in [2.75, 3.05) is 6.61 Å². The van der Waals surface area contributed by atoms with Crippen LogP contribution >= 0.6 is 0 Å². The predicted molar refractivity (Wildman–Crippen MR) is 68.4 cm³/mol. The topological polar surface area (TPSA) is 13.6 Å². The molecule has 2 rings (SSSR count). The van der Waals surface area contributed by atoms with E-state index in [1.165, 1.54) is 5.56 Å². The molecule has 1 aliphatic carbocycles. The van der Waals surface area contributed by atoms with E-state index in [0.717, 1.165) is 19.4 Å². The molecule has 1 aliphatic rings. The van der Waals surface area contributed by atoms with Gasteiger partial charge in [-0.3, -0.25) is 0 Å². The first kappa shape index (κ1) is 12.1. The van der Waals surface area contributed by atoms with Crippen molar-refractivity contribution >= 4 is 0 Å². The fraction of sp³-hybridized carbons (Fsp3) is 0.533. The molecular formula is C15H19NO. The average Bonchev–Trinajstić information content (AvgIpc) is 2.72. The molecule has 0 saturated heterocycles. The molecule has 0 spiro atoms. The Morgan fingerprint density at radius 2 is 2.06 bits per heavy atom. The van der Waals surface area contributed by atoms with E-state index in [0.29, 0.717) is 18.4 Å². The summed E-state index contributed by atoms with van der Waals surface area (Å²) in [6, 6.07) is 10.5. The van der Waals surface area contributed by atoms with Crippen molar-refractivity contribution in [3.63, 3.8) is 0 Å². The van der Waals surface area contributed by atoms with Crippen LogP contribution in [0.4, 0.5) is 0 Å². The molecule has 0 unspecified atom stereocenters. The van der Waals surface area contributed by atoms with Crippen molar-refractivity contribution in [2.24, 2.45) is 11.8 Å². The van der Waals surface area contributed by atoms with Crippen LogP contribution in [0.3, 0.4) is 0 Å². The zero-order valence-corrected chi connectivity index (χ0v) is 10.3. The van der Waals surface area contributed by atoms with E-state index < -0.39 is 0 Å². The summed E-state index contributed by atoms with van der Waals surface area (Å²) in [5.41, 5.74) is 1.22. The van der Waals surface area contributed by atoms with Gasteiger partial charge in [0.25, 0.3) is 0 Å². The molecule has 0 radical (unpaired) electrons. The molecule has 1 aromatic carbocycles. The van der Waals surface area contributed by atoms with Gasteiger partial charge < -0.3 is 9.58 Å². The Balaban J connectivity index is 1.75. The summed E-state index contributed by atoms with van der Waals surface area (Å²) < 4.78 is 5.76. The fourth-order valence-corrected chi connectivity index (χ4v) is 2.54. The lowest BCUT2D eigenvalue weighted by molar-refractivity contribution is 0.0764. The third-order valence-electron chi connectivity index (χ3n) is 3.79. The van der Waals surface area contributed by atoms with E-state index in [1.54, 1.807) is 0 Å². The molecule has 0 N–H and O–H groups in total. The highest BCUT2D eigenvalue weighted by Crippen LogP contribution is 2.34. The number of hydrogen-bond donors (Lipinski definition) is 0. The maximum absolute atomic E-state index is 7.12. The van der Waals surface area contributed by atoms with E-state index in [9.17, 15) is 0 Å². The molecule has 1 aromatic rings. The molecule has 17 heavy (non-hydrogen) atoms. The maximum atomic E-state index is 7.12. The van der Waals surface area contributed by atoms with Crippen LogP contribution in [0.2, 0.25) is 0 Å². The summed E-state index contributed by atoms with van der Waals surface area (Å²) >= 11 is 0. The minimum atomic E-state index is 0.223. The van der Waals surface area contributed by atoms with E-state index in [1.807, 2.05) is 18.2 Å². The van der Waals surface area contributed by atoms with Gasteiger partial charge in [-0.2, -0.15) is 0 Å². The highest BCUT2D eigenvalue weighted by molar-refractivity contribution is 5.13. The zero-order valence-electron chi connectivity index (χ0n) is 10.3. The first-order valence-electron chi connectivity index (χ1n) is 6.29. The van der Waals surface area contributed by atoms with Crippen LogP contribution in [0.1, 0.15) is 25.3 Å². The molecule has 2 nitrogen and oxygen atoms in total. The SMILES string of the molecule is [C-]#[N+][C@H]1CC[C@@H](COCc2ccccc2)[C@@H]1C. The van der Waals surface area contributed by atoms with Crippen molar-refractivity contribution in [3.8, 4) is 0 Å². The summed E-state index contributed by atoms with van der Waals surface area (Å²) in [6.07, 6.45) is 2.19. The van der Waals surface area contributed by atoms with Gasteiger partial charge in [0, 0.05) is 12.3 Å². The van der Waals surface area contributed by atoms with E-state index in [-0.39, 0.29) is 6.04 Å². The Hall–Kier alpha value is -1.33. The summed E-state index contributed by atoms with van der Waals surface area (Å²) in [5, 5.41) is 0. The van der Waals surface area contributed by atoms with E-state index in [2.05, 4.69) is 23.9 Å². The van der Waals surface area contributed by atoms with E-state index in [4.69, 9.17) is 11.3 Å². The van der Waals surface area contributed by atoms with Gasteiger partial charge in [0.2, 0.25) is 6.04 Å². The monoisotopic (exact) mass is 229 g/mol. The smallest absolute Gasteiger partial charge is 0.226 e. The first-order valence-corrected chi connectivity index (χ1v) is 6.29. The van der Waals surface area contributed by atoms with Gasteiger partial charge >= 0.3 is 0 Å². The van der Waals surface area contributed by atoms with Crippen LogP contribution in [0.25, 0.3) is 4.85 Å². The quantitative estimate of drug-likeness (QED) is 0.720. The zero-order chi connectivity index (χ0) is 12.1. The maximum Gasteiger partial charge on any atom is 0.226 e. The van der Waals surface area contributed by atoms with Crippen LogP contribution in [0.15, 0.2) is 30.3 Å². The van der Waals surface area contributed by atoms with Gasteiger partial charge in [0.05, 0.1) is 13.2 Å². The second-order valence-electron chi connectivity index (χ2n) is 4.89. The molecule has 1 fully saturated rings. The van der Waals surface area contributed by atoms with Gasteiger partial charge in [0.1, 0.15) is 0 Å². The van der Waals surface area contributed by atoms with Crippen LogP contribution in [-0.2, 0) is 11.3 Å². The molecule has 0 heterocycles. The number of ether oxygens (including phenoxy) is 1. The fourth-order valence-electron chi connectivity index (χ4n) is 2.54. The van der Waals surface area contributed by atoms with Gasteiger partial charge in [-0.05, 0) is 17.9 Å². The van der Waals surface area contributed by atoms with Crippen molar-refractivity contribution < 1.29 is 4.74 Å². The molecule has 0 bridgehead atoms. The highest BCUT2D eigenvalue weighted by Gasteiger charge is 2.36. The summed E-state index contributed by atoms with van der Waals surface area (Å²) in [5.74, 6) is 1.06. The van der Waals surface area contributed by atoms with Crippen molar-refractivity contribution in [2.45, 2.75) is 32.4 Å². The van der Waals surface area contributed by atoms with Gasteiger partial charge in [-0.15, -0.1) is 0 Å². The lowest BCUT2D eigenvalue weighted by atomic mass is 9.97. The van der Waals surface area contributed by atoms with Gasteiger partial charge in [0.15, 0.2) is 0 Å². The third kappa shape index (κ3) is 3.08. The highest BCUT2D eigenvalue weighted by atomic mass is 16.5. The second kappa shape index (κ2) is 5.84. The molecule has 1 saturated carbocycles. The molecule has 2 heteroatoms. The second-order valence-corrected chi connectivity index (χ2v) is 4.89.